The second-order valence-corrected chi connectivity index (χ2v) is 3.92. The minimum absolute atomic E-state index is 0.389. The number of hydrogen-bond donors (Lipinski definition) is 1. The van der Waals surface area contributed by atoms with Crippen LogP contribution in [0.25, 0.3) is 0 Å². The molecule has 1 aliphatic carbocycles. The number of hydrogen-bond acceptors (Lipinski definition) is 1. The molecule has 0 aromatic rings. The van der Waals surface area contributed by atoms with Crippen molar-refractivity contribution in [2.24, 2.45) is 11.7 Å². The molecule has 1 rings (SSSR count). The van der Waals surface area contributed by atoms with Crippen molar-refractivity contribution in [2.45, 2.75) is 51.5 Å². The Morgan fingerprint density at radius 2 is 2.00 bits per heavy atom. The van der Waals surface area contributed by atoms with Gasteiger partial charge in [-0.1, -0.05) is 38.3 Å². The Labute approximate surface area is 76.0 Å². The van der Waals surface area contributed by atoms with Crippen LogP contribution in [-0.4, -0.2) is 6.04 Å². The third-order valence-corrected chi connectivity index (χ3v) is 3.05. The van der Waals surface area contributed by atoms with E-state index in [4.69, 9.17) is 5.73 Å². The van der Waals surface area contributed by atoms with Crippen LogP contribution in [-0.2, 0) is 0 Å². The molecule has 2 N–H and O–H groups in total. The van der Waals surface area contributed by atoms with E-state index in [1.165, 1.54) is 37.7 Å². The zero-order valence-electron chi connectivity index (χ0n) is 8.18. The van der Waals surface area contributed by atoms with Gasteiger partial charge in [0.25, 0.3) is 0 Å². The van der Waals surface area contributed by atoms with Gasteiger partial charge in [0.1, 0.15) is 0 Å². The zero-order chi connectivity index (χ0) is 8.97. The minimum atomic E-state index is 0.389. The molecule has 0 heterocycles. The van der Waals surface area contributed by atoms with Crippen molar-refractivity contribution in [1.29, 1.82) is 0 Å². The summed E-state index contributed by atoms with van der Waals surface area (Å²) in [6.07, 6.45) is 7.59. The highest BCUT2D eigenvalue weighted by atomic mass is 14.7. The first kappa shape index (κ1) is 9.79. The fourth-order valence-electron chi connectivity index (χ4n) is 2.11. The SMILES string of the molecule is C=C(CC)C1CCCCC[C@H]1N. The summed E-state index contributed by atoms with van der Waals surface area (Å²) in [7, 11) is 0. The van der Waals surface area contributed by atoms with E-state index in [1.807, 2.05) is 0 Å². The maximum absolute atomic E-state index is 6.09. The molecule has 1 fully saturated rings. The van der Waals surface area contributed by atoms with Crippen molar-refractivity contribution in [1.82, 2.24) is 0 Å². The topological polar surface area (TPSA) is 26.0 Å². The van der Waals surface area contributed by atoms with E-state index in [-0.39, 0.29) is 0 Å². The predicted molar refractivity (Wildman–Crippen MR) is 54.0 cm³/mol. The van der Waals surface area contributed by atoms with Crippen molar-refractivity contribution >= 4 is 0 Å². The summed E-state index contributed by atoms with van der Waals surface area (Å²) < 4.78 is 0. The molecule has 70 valence electrons. The number of nitrogens with two attached hydrogens (primary N) is 1. The molecule has 1 unspecified atom stereocenters. The Kier molecular flexibility index (Phi) is 3.80. The van der Waals surface area contributed by atoms with Crippen LogP contribution in [0.1, 0.15) is 45.4 Å². The van der Waals surface area contributed by atoms with E-state index in [2.05, 4.69) is 13.5 Å². The standard InChI is InChI=1S/C11H21N/c1-3-9(2)10-7-5-4-6-8-11(10)12/h10-11H,2-8,12H2,1H3/t10?,11-/m1/s1. The summed E-state index contributed by atoms with van der Waals surface area (Å²) in [6.45, 7) is 6.29. The molecule has 0 aromatic carbocycles. The lowest BCUT2D eigenvalue weighted by Gasteiger charge is -2.22. The Morgan fingerprint density at radius 3 is 2.67 bits per heavy atom. The van der Waals surface area contributed by atoms with Crippen LogP contribution < -0.4 is 5.73 Å². The fourth-order valence-corrected chi connectivity index (χ4v) is 2.11. The van der Waals surface area contributed by atoms with Crippen molar-refractivity contribution in [3.05, 3.63) is 12.2 Å². The molecule has 0 spiro atoms. The van der Waals surface area contributed by atoms with E-state index in [0.717, 1.165) is 6.42 Å². The summed E-state index contributed by atoms with van der Waals surface area (Å²) in [5.41, 5.74) is 7.46. The molecule has 0 amide bonds. The van der Waals surface area contributed by atoms with E-state index in [0.29, 0.717) is 12.0 Å². The fraction of sp³-hybridized carbons (Fsp3) is 0.818. The molecule has 0 saturated heterocycles. The molecular formula is C11H21N. The highest BCUT2D eigenvalue weighted by molar-refractivity contribution is 5.04. The molecule has 1 heteroatoms. The third-order valence-electron chi connectivity index (χ3n) is 3.05. The molecule has 0 bridgehead atoms. The van der Waals surface area contributed by atoms with Crippen molar-refractivity contribution in [2.75, 3.05) is 0 Å². The van der Waals surface area contributed by atoms with E-state index in [1.54, 1.807) is 0 Å². The minimum Gasteiger partial charge on any atom is -0.327 e. The van der Waals surface area contributed by atoms with Crippen LogP contribution in [0.5, 0.6) is 0 Å². The van der Waals surface area contributed by atoms with Gasteiger partial charge in [0.15, 0.2) is 0 Å². The number of rotatable bonds is 2. The highest BCUT2D eigenvalue weighted by Crippen LogP contribution is 2.28. The molecular weight excluding hydrogens is 146 g/mol. The Hall–Kier alpha value is -0.300. The van der Waals surface area contributed by atoms with E-state index < -0.39 is 0 Å². The van der Waals surface area contributed by atoms with Crippen LogP contribution in [0.15, 0.2) is 12.2 Å². The van der Waals surface area contributed by atoms with Gasteiger partial charge < -0.3 is 5.73 Å². The molecule has 1 aliphatic rings. The van der Waals surface area contributed by atoms with Crippen molar-refractivity contribution in [3.8, 4) is 0 Å². The van der Waals surface area contributed by atoms with Crippen LogP contribution in [0, 0.1) is 5.92 Å². The molecule has 2 atom stereocenters. The van der Waals surface area contributed by atoms with E-state index >= 15 is 0 Å². The molecule has 1 saturated carbocycles. The summed E-state index contributed by atoms with van der Waals surface area (Å²) in [5, 5.41) is 0. The second-order valence-electron chi connectivity index (χ2n) is 3.92. The summed E-state index contributed by atoms with van der Waals surface area (Å²) in [6, 6.07) is 0.389. The van der Waals surface area contributed by atoms with Gasteiger partial charge in [-0.3, -0.25) is 0 Å². The van der Waals surface area contributed by atoms with Gasteiger partial charge in [0.05, 0.1) is 0 Å². The average Bonchev–Trinajstić information content (AvgIpc) is 2.28. The van der Waals surface area contributed by atoms with Gasteiger partial charge >= 0.3 is 0 Å². The van der Waals surface area contributed by atoms with Crippen LogP contribution in [0.2, 0.25) is 0 Å². The zero-order valence-corrected chi connectivity index (χ0v) is 8.18. The van der Waals surface area contributed by atoms with Gasteiger partial charge in [-0.2, -0.15) is 0 Å². The van der Waals surface area contributed by atoms with Crippen LogP contribution in [0.3, 0.4) is 0 Å². The summed E-state index contributed by atoms with van der Waals surface area (Å²) in [4.78, 5) is 0. The Balaban J connectivity index is 2.52. The van der Waals surface area contributed by atoms with Gasteiger partial charge in [-0.25, -0.2) is 0 Å². The highest BCUT2D eigenvalue weighted by Gasteiger charge is 2.21. The lowest BCUT2D eigenvalue weighted by molar-refractivity contribution is 0.446. The maximum atomic E-state index is 6.09. The van der Waals surface area contributed by atoms with Crippen LogP contribution in [0.4, 0.5) is 0 Å². The predicted octanol–water partition coefficient (Wildman–Crippen LogP) is 2.86. The van der Waals surface area contributed by atoms with Gasteiger partial charge in [-0.15, -0.1) is 0 Å². The van der Waals surface area contributed by atoms with Crippen molar-refractivity contribution < 1.29 is 0 Å². The largest absolute Gasteiger partial charge is 0.327 e. The molecule has 12 heavy (non-hydrogen) atoms. The first-order valence-corrected chi connectivity index (χ1v) is 5.19. The normalized spacial score (nSPS) is 31.2. The average molecular weight is 167 g/mol. The van der Waals surface area contributed by atoms with Gasteiger partial charge in [-0.05, 0) is 25.2 Å². The first-order valence-electron chi connectivity index (χ1n) is 5.19. The first-order chi connectivity index (χ1) is 5.75. The monoisotopic (exact) mass is 167 g/mol. The van der Waals surface area contributed by atoms with Crippen molar-refractivity contribution in [3.63, 3.8) is 0 Å². The summed E-state index contributed by atoms with van der Waals surface area (Å²) >= 11 is 0. The van der Waals surface area contributed by atoms with Gasteiger partial charge in [0, 0.05) is 6.04 Å². The quantitative estimate of drug-likeness (QED) is 0.496. The smallest absolute Gasteiger partial charge is 0.0104 e. The Bertz CT molecular complexity index is 151. The van der Waals surface area contributed by atoms with E-state index in [9.17, 15) is 0 Å². The maximum Gasteiger partial charge on any atom is 0.0104 e. The molecule has 0 radical (unpaired) electrons. The van der Waals surface area contributed by atoms with Gasteiger partial charge in [0.2, 0.25) is 0 Å². The molecule has 1 nitrogen and oxygen atoms in total. The third kappa shape index (κ3) is 2.34. The second kappa shape index (κ2) is 4.66. The summed E-state index contributed by atoms with van der Waals surface area (Å²) in [5.74, 6) is 0.609. The lowest BCUT2D eigenvalue weighted by atomic mass is 9.87. The molecule has 0 aliphatic heterocycles. The Morgan fingerprint density at radius 1 is 1.33 bits per heavy atom. The molecule has 0 aromatic heterocycles. The van der Waals surface area contributed by atoms with Crippen LogP contribution >= 0.6 is 0 Å². The lowest BCUT2D eigenvalue weighted by Crippen LogP contribution is -2.29.